The zero-order valence-corrected chi connectivity index (χ0v) is 9.06. The highest BCUT2D eigenvalue weighted by Crippen LogP contribution is 2.32. The fourth-order valence-corrected chi connectivity index (χ4v) is 2.06. The van der Waals surface area contributed by atoms with Gasteiger partial charge in [0.15, 0.2) is 0 Å². The van der Waals surface area contributed by atoms with E-state index in [9.17, 15) is 4.79 Å². The van der Waals surface area contributed by atoms with Gasteiger partial charge in [-0.2, -0.15) is 0 Å². The lowest BCUT2D eigenvalue weighted by atomic mass is 10.1. The van der Waals surface area contributed by atoms with Crippen LogP contribution in [0.3, 0.4) is 0 Å². The number of nitrogens with zero attached hydrogens (tertiary/aromatic N) is 1. The van der Waals surface area contributed by atoms with Crippen LogP contribution in [0.4, 0.5) is 0 Å². The van der Waals surface area contributed by atoms with E-state index in [1.807, 2.05) is 12.1 Å². The highest BCUT2D eigenvalue weighted by Gasteiger charge is 2.27. The molecule has 0 fully saturated rings. The van der Waals surface area contributed by atoms with E-state index in [0.717, 1.165) is 6.54 Å². The molecule has 0 radical (unpaired) electrons. The third-order valence-electron chi connectivity index (χ3n) is 2.99. The van der Waals surface area contributed by atoms with E-state index < -0.39 is 0 Å². The molecule has 0 aliphatic carbocycles. The Morgan fingerprint density at radius 2 is 2.27 bits per heavy atom. The summed E-state index contributed by atoms with van der Waals surface area (Å²) < 4.78 is 4.68. The molecule has 1 unspecified atom stereocenters. The van der Waals surface area contributed by atoms with Crippen molar-refractivity contribution in [1.29, 1.82) is 0 Å². The quantitative estimate of drug-likeness (QED) is 0.689. The van der Waals surface area contributed by atoms with Crippen LogP contribution < -0.4 is 0 Å². The van der Waals surface area contributed by atoms with E-state index >= 15 is 0 Å². The number of rotatable bonds is 2. The molecular formula is C12H15NO2. The Bertz CT molecular complexity index is 376. The molecule has 1 aromatic rings. The molecule has 1 atom stereocenters. The Morgan fingerprint density at radius 1 is 1.53 bits per heavy atom. The maximum Gasteiger partial charge on any atom is 0.319 e. The van der Waals surface area contributed by atoms with Crippen LogP contribution in [0.15, 0.2) is 24.3 Å². The first-order chi connectivity index (χ1) is 7.22. The van der Waals surface area contributed by atoms with E-state index in [1.54, 1.807) is 0 Å². The van der Waals surface area contributed by atoms with Crippen LogP contribution in [0.2, 0.25) is 0 Å². The van der Waals surface area contributed by atoms with Gasteiger partial charge < -0.3 is 4.74 Å². The van der Waals surface area contributed by atoms with Gasteiger partial charge in [-0.1, -0.05) is 24.3 Å². The number of benzene rings is 1. The van der Waals surface area contributed by atoms with Crippen molar-refractivity contribution in [3.8, 4) is 0 Å². The molecule has 0 saturated carbocycles. The lowest BCUT2D eigenvalue weighted by Gasteiger charge is -2.19. The topological polar surface area (TPSA) is 29.5 Å². The molecule has 0 bridgehead atoms. The van der Waals surface area contributed by atoms with Gasteiger partial charge in [-0.25, -0.2) is 0 Å². The maximum absolute atomic E-state index is 11.2. The smallest absolute Gasteiger partial charge is 0.319 e. The van der Waals surface area contributed by atoms with Crippen molar-refractivity contribution in [1.82, 2.24) is 4.90 Å². The first kappa shape index (κ1) is 10.2. The summed E-state index contributed by atoms with van der Waals surface area (Å²) in [6.45, 7) is 3.33. The van der Waals surface area contributed by atoms with Crippen molar-refractivity contribution in [3.63, 3.8) is 0 Å². The van der Waals surface area contributed by atoms with E-state index in [1.165, 1.54) is 18.2 Å². The zero-order valence-electron chi connectivity index (χ0n) is 9.06. The second kappa shape index (κ2) is 4.03. The van der Waals surface area contributed by atoms with Gasteiger partial charge >= 0.3 is 5.97 Å². The van der Waals surface area contributed by atoms with E-state index in [0.29, 0.717) is 12.6 Å². The summed E-state index contributed by atoms with van der Waals surface area (Å²) in [4.78, 5) is 13.3. The highest BCUT2D eigenvalue weighted by molar-refractivity contribution is 5.71. The summed E-state index contributed by atoms with van der Waals surface area (Å²) in [5.74, 6) is -0.172. The number of carbonyl (C=O) groups excluding carboxylic acids is 1. The van der Waals surface area contributed by atoms with Crippen LogP contribution in [0.25, 0.3) is 0 Å². The Balaban J connectivity index is 2.13. The van der Waals surface area contributed by atoms with Gasteiger partial charge in [-0.15, -0.1) is 0 Å². The predicted molar refractivity (Wildman–Crippen MR) is 57.3 cm³/mol. The fourth-order valence-electron chi connectivity index (χ4n) is 2.06. The second-order valence-corrected chi connectivity index (χ2v) is 3.86. The van der Waals surface area contributed by atoms with E-state index in [4.69, 9.17) is 0 Å². The minimum atomic E-state index is -0.172. The Kier molecular flexibility index (Phi) is 2.73. The molecule has 0 aromatic heterocycles. The standard InChI is InChI=1S/C12H15NO2/c1-9-11-6-4-3-5-10(11)7-13(9)8-12(14)15-2/h3-6,9H,7-8H2,1-2H3. The number of methoxy groups -OCH3 is 1. The van der Waals surface area contributed by atoms with Gasteiger partial charge in [0.1, 0.15) is 0 Å². The molecule has 1 aliphatic rings. The average molecular weight is 205 g/mol. The van der Waals surface area contributed by atoms with Crippen LogP contribution >= 0.6 is 0 Å². The second-order valence-electron chi connectivity index (χ2n) is 3.86. The number of esters is 1. The van der Waals surface area contributed by atoms with Gasteiger partial charge in [-0.3, -0.25) is 9.69 Å². The number of hydrogen-bond acceptors (Lipinski definition) is 3. The fraction of sp³-hybridized carbons (Fsp3) is 0.417. The average Bonchev–Trinajstić information content (AvgIpc) is 2.57. The first-order valence-electron chi connectivity index (χ1n) is 5.11. The SMILES string of the molecule is COC(=O)CN1Cc2ccccc2C1C. The Morgan fingerprint density at radius 3 is 2.93 bits per heavy atom. The molecule has 0 N–H and O–H groups in total. The molecule has 0 saturated heterocycles. The van der Waals surface area contributed by atoms with Crippen LogP contribution in [0, 0.1) is 0 Å². The molecule has 80 valence electrons. The molecule has 2 rings (SSSR count). The number of fused-ring (bicyclic) bond motifs is 1. The van der Waals surface area contributed by atoms with Gasteiger partial charge in [0.05, 0.1) is 13.7 Å². The zero-order chi connectivity index (χ0) is 10.8. The van der Waals surface area contributed by atoms with Crippen molar-refractivity contribution >= 4 is 5.97 Å². The largest absolute Gasteiger partial charge is 0.468 e. The monoisotopic (exact) mass is 205 g/mol. The third kappa shape index (κ3) is 1.88. The molecular weight excluding hydrogens is 190 g/mol. The third-order valence-corrected chi connectivity index (χ3v) is 2.99. The maximum atomic E-state index is 11.2. The molecule has 15 heavy (non-hydrogen) atoms. The van der Waals surface area contributed by atoms with Crippen molar-refractivity contribution in [2.75, 3.05) is 13.7 Å². The number of carbonyl (C=O) groups is 1. The predicted octanol–water partition coefficient (Wildman–Crippen LogP) is 1.74. The minimum absolute atomic E-state index is 0.172. The summed E-state index contributed by atoms with van der Waals surface area (Å²) in [5, 5.41) is 0. The number of hydrogen-bond donors (Lipinski definition) is 0. The lowest BCUT2D eigenvalue weighted by Crippen LogP contribution is -2.27. The molecule has 3 heteroatoms. The normalized spacial score (nSPS) is 20.0. The first-order valence-corrected chi connectivity index (χ1v) is 5.11. The van der Waals surface area contributed by atoms with Gasteiger partial charge in [0.2, 0.25) is 0 Å². The van der Waals surface area contributed by atoms with Crippen molar-refractivity contribution < 1.29 is 9.53 Å². The molecule has 3 nitrogen and oxygen atoms in total. The van der Waals surface area contributed by atoms with Crippen molar-refractivity contribution in [3.05, 3.63) is 35.4 Å². The summed E-state index contributed by atoms with van der Waals surface area (Å²) in [7, 11) is 1.43. The minimum Gasteiger partial charge on any atom is -0.468 e. The Labute approximate surface area is 89.7 Å². The lowest BCUT2D eigenvalue weighted by molar-refractivity contribution is -0.142. The molecule has 0 spiro atoms. The summed E-state index contributed by atoms with van der Waals surface area (Å²) in [6, 6.07) is 8.62. The van der Waals surface area contributed by atoms with Gasteiger partial charge in [-0.05, 0) is 18.1 Å². The summed E-state index contributed by atoms with van der Waals surface area (Å²) in [6.07, 6.45) is 0. The van der Waals surface area contributed by atoms with Crippen LogP contribution in [0.1, 0.15) is 24.1 Å². The van der Waals surface area contributed by atoms with Crippen molar-refractivity contribution in [2.24, 2.45) is 0 Å². The summed E-state index contributed by atoms with van der Waals surface area (Å²) in [5.41, 5.74) is 2.63. The highest BCUT2D eigenvalue weighted by atomic mass is 16.5. The van der Waals surface area contributed by atoms with Gasteiger partial charge in [0, 0.05) is 12.6 Å². The van der Waals surface area contributed by atoms with E-state index in [-0.39, 0.29) is 5.97 Å². The molecule has 1 aliphatic heterocycles. The number of ether oxygens (including phenoxy) is 1. The van der Waals surface area contributed by atoms with Gasteiger partial charge in [0.25, 0.3) is 0 Å². The van der Waals surface area contributed by atoms with E-state index in [2.05, 4.69) is 28.7 Å². The van der Waals surface area contributed by atoms with Crippen LogP contribution in [-0.2, 0) is 16.1 Å². The van der Waals surface area contributed by atoms with Crippen LogP contribution in [-0.4, -0.2) is 24.5 Å². The molecule has 1 aromatic carbocycles. The summed E-state index contributed by atoms with van der Waals surface area (Å²) >= 11 is 0. The van der Waals surface area contributed by atoms with Crippen molar-refractivity contribution in [2.45, 2.75) is 19.5 Å². The van der Waals surface area contributed by atoms with Crippen LogP contribution in [0.5, 0.6) is 0 Å². The Hall–Kier alpha value is -1.35. The molecule has 1 heterocycles. The molecule has 0 amide bonds.